The predicted molar refractivity (Wildman–Crippen MR) is 156 cm³/mol. The van der Waals surface area contributed by atoms with E-state index in [0.717, 1.165) is 43.6 Å². The van der Waals surface area contributed by atoms with Gasteiger partial charge in [-0.3, -0.25) is 14.7 Å². The standard InChI is InChI=1S/C31H43ClN4O4/c1-31(2,3)40-30(38)34-16-12-23(13-17-34)21-28(37)36-19-18-35(22-26(36)14-20-39-4)29(27-7-5-6-15-33-27)24-8-10-25(32)11-9-24/h5-11,15,23,26,29H,12-14,16-22H2,1-4H3/t26-,29?/m0/s1. The van der Waals surface area contributed by atoms with Gasteiger partial charge in [0.25, 0.3) is 0 Å². The number of benzene rings is 1. The maximum Gasteiger partial charge on any atom is 0.410 e. The zero-order valence-electron chi connectivity index (χ0n) is 24.2. The van der Waals surface area contributed by atoms with Crippen LogP contribution >= 0.6 is 11.6 Å². The molecule has 1 aromatic carbocycles. The highest BCUT2D eigenvalue weighted by Gasteiger charge is 2.36. The molecule has 0 aliphatic carbocycles. The van der Waals surface area contributed by atoms with Crippen LogP contribution in [0.1, 0.15) is 63.8 Å². The Hall–Kier alpha value is -2.68. The van der Waals surface area contributed by atoms with Crippen LogP contribution in [0.25, 0.3) is 0 Å². The van der Waals surface area contributed by atoms with Crippen molar-refractivity contribution in [2.75, 3.05) is 46.4 Å². The zero-order chi connectivity index (χ0) is 28.7. The summed E-state index contributed by atoms with van der Waals surface area (Å²) in [6.07, 6.45) is 4.46. The Kier molecular flexibility index (Phi) is 10.4. The number of halogens is 1. The lowest BCUT2D eigenvalue weighted by atomic mass is 9.92. The summed E-state index contributed by atoms with van der Waals surface area (Å²) in [6, 6.07) is 14.0. The molecule has 2 amide bonds. The summed E-state index contributed by atoms with van der Waals surface area (Å²) >= 11 is 6.20. The van der Waals surface area contributed by atoms with Crippen LogP contribution in [0.5, 0.6) is 0 Å². The van der Waals surface area contributed by atoms with E-state index in [9.17, 15) is 9.59 Å². The molecule has 0 N–H and O–H groups in total. The van der Waals surface area contributed by atoms with Crippen molar-refractivity contribution in [2.45, 2.75) is 64.1 Å². The van der Waals surface area contributed by atoms with Crippen LogP contribution in [0, 0.1) is 5.92 Å². The van der Waals surface area contributed by atoms with Crippen molar-refractivity contribution >= 4 is 23.6 Å². The molecule has 4 rings (SSSR count). The fourth-order valence-corrected chi connectivity index (χ4v) is 5.83. The van der Waals surface area contributed by atoms with Gasteiger partial charge in [0.05, 0.1) is 11.7 Å². The third kappa shape index (κ3) is 8.18. The zero-order valence-corrected chi connectivity index (χ0v) is 25.0. The fourth-order valence-electron chi connectivity index (χ4n) is 5.70. The van der Waals surface area contributed by atoms with Crippen molar-refractivity contribution in [1.82, 2.24) is 19.7 Å². The van der Waals surface area contributed by atoms with E-state index in [0.29, 0.717) is 37.7 Å². The summed E-state index contributed by atoms with van der Waals surface area (Å²) in [5.41, 5.74) is 1.60. The molecule has 2 aliphatic heterocycles. The van der Waals surface area contributed by atoms with Gasteiger partial charge in [0, 0.05) is 70.1 Å². The summed E-state index contributed by atoms with van der Waals surface area (Å²) in [5.74, 6) is 0.458. The highest BCUT2D eigenvalue weighted by molar-refractivity contribution is 6.30. The van der Waals surface area contributed by atoms with E-state index in [1.807, 2.05) is 51.2 Å². The molecule has 1 aromatic heterocycles. The van der Waals surface area contributed by atoms with Gasteiger partial charge in [-0.15, -0.1) is 0 Å². The van der Waals surface area contributed by atoms with Crippen LogP contribution < -0.4 is 0 Å². The van der Waals surface area contributed by atoms with Crippen LogP contribution in [-0.4, -0.2) is 89.8 Å². The van der Waals surface area contributed by atoms with Gasteiger partial charge in [0.15, 0.2) is 0 Å². The molecule has 9 heteroatoms. The molecule has 1 unspecified atom stereocenters. The smallest absolute Gasteiger partial charge is 0.410 e. The lowest BCUT2D eigenvalue weighted by Gasteiger charge is -2.45. The van der Waals surface area contributed by atoms with Crippen LogP contribution in [0.4, 0.5) is 4.79 Å². The maximum atomic E-state index is 13.6. The number of piperidine rings is 1. The Labute approximate surface area is 243 Å². The summed E-state index contributed by atoms with van der Waals surface area (Å²) in [5, 5.41) is 0.703. The van der Waals surface area contributed by atoms with Crippen molar-refractivity contribution in [1.29, 1.82) is 0 Å². The lowest BCUT2D eigenvalue weighted by molar-refractivity contribution is -0.138. The van der Waals surface area contributed by atoms with E-state index in [1.165, 1.54) is 0 Å². The molecule has 0 spiro atoms. The number of ether oxygens (including phenoxy) is 2. The number of carbonyl (C=O) groups is 2. The van der Waals surface area contributed by atoms with E-state index in [4.69, 9.17) is 26.1 Å². The average molecular weight is 571 g/mol. The van der Waals surface area contributed by atoms with E-state index < -0.39 is 5.60 Å². The number of rotatable bonds is 8. The van der Waals surface area contributed by atoms with Gasteiger partial charge >= 0.3 is 6.09 Å². The Bertz CT molecular complexity index is 1100. The molecule has 40 heavy (non-hydrogen) atoms. The van der Waals surface area contributed by atoms with Crippen LogP contribution in [-0.2, 0) is 14.3 Å². The first-order valence-electron chi connectivity index (χ1n) is 14.3. The largest absolute Gasteiger partial charge is 0.444 e. The van der Waals surface area contributed by atoms with E-state index in [-0.39, 0.29) is 30.0 Å². The molecular formula is C31H43ClN4O4. The SMILES string of the molecule is COCC[C@H]1CN(C(c2ccc(Cl)cc2)c2ccccn2)CCN1C(=O)CC1CCN(C(=O)OC(C)(C)C)CC1. The van der Waals surface area contributed by atoms with E-state index >= 15 is 0 Å². The van der Waals surface area contributed by atoms with E-state index in [1.54, 1.807) is 12.0 Å². The molecule has 3 heterocycles. The van der Waals surface area contributed by atoms with Crippen molar-refractivity contribution in [3.05, 3.63) is 64.9 Å². The van der Waals surface area contributed by atoms with E-state index in [2.05, 4.69) is 28.0 Å². The highest BCUT2D eigenvalue weighted by Crippen LogP contribution is 2.32. The highest BCUT2D eigenvalue weighted by atomic mass is 35.5. The van der Waals surface area contributed by atoms with Gasteiger partial charge in [-0.1, -0.05) is 29.8 Å². The fraction of sp³-hybridized carbons (Fsp3) is 0.581. The monoisotopic (exact) mass is 570 g/mol. The molecular weight excluding hydrogens is 528 g/mol. The number of carbonyl (C=O) groups excluding carboxylic acids is 2. The molecule has 0 radical (unpaired) electrons. The Balaban J connectivity index is 1.42. The van der Waals surface area contributed by atoms with Crippen molar-refractivity contribution in [2.24, 2.45) is 5.92 Å². The summed E-state index contributed by atoms with van der Waals surface area (Å²) in [4.78, 5) is 37.0. The predicted octanol–water partition coefficient (Wildman–Crippen LogP) is 5.41. The maximum absolute atomic E-state index is 13.6. The third-order valence-corrected chi connectivity index (χ3v) is 7.99. The molecule has 2 aliphatic rings. The number of nitrogens with zero attached hydrogens (tertiary/aromatic N) is 4. The molecule has 0 bridgehead atoms. The number of pyridine rings is 1. The van der Waals surface area contributed by atoms with Crippen molar-refractivity contribution < 1.29 is 19.1 Å². The second-order valence-corrected chi connectivity index (χ2v) is 12.3. The normalized spacial score (nSPS) is 19.9. The molecule has 2 saturated heterocycles. The van der Waals surface area contributed by atoms with Crippen LogP contribution in [0.3, 0.4) is 0 Å². The number of amides is 2. The summed E-state index contributed by atoms with van der Waals surface area (Å²) in [7, 11) is 1.70. The Morgan fingerprint density at radius 3 is 2.40 bits per heavy atom. The number of methoxy groups -OCH3 is 1. The minimum absolute atomic E-state index is 0.0297. The topological polar surface area (TPSA) is 75.2 Å². The van der Waals surface area contributed by atoms with Gasteiger partial charge in [-0.25, -0.2) is 4.79 Å². The molecule has 8 nitrogen and oxygen atoms in total. The lowest BCUT2D eigenvalue weighted by Crippen LogP contribution is -2.56. The third-order valence-electron chi connectivity index (χ3n) is 7.74. The quantitative estimate of drug-likeness (QED) is 0.422. The van der Waals surface area contributed by atoms with Gasteiger partial charge in [-0.05, 0) is 75.8 Å². The molecule has 0 saturated carbocycles. The average Bonchev–Trinajstić information content (AvgIpc) is 2.93. The number of aromatic nitrogens is 1. The van der Waals surface area contributed by atoms with Gasteiger partial charge in [0.1, 0.15) is 5.60 Å². The minimum atomic E-state index is -0.508. The van der Waals surface area contributed by atoms with Gasteiger partial charge < -0.3 is 19.3 Å². The van der Waals surface area contributed by atoms with Gasteiger partial charge in [0.2, 0.25) is 5.91 Å². The van der Waals surface area contributed by atoms with Crippen molar-refractivity contribution in [3.8, 4) is 0 Å². The van der Waals surface area contributed by atoms with Gasteiger partial charge in [-0.2, -0.15) is 0 Å². The summed E-state index contributed by atoms with van der Waals surface area (Å²) < 4.78 is 11.0. The molecule has 2 fully saturated rings. The summed E-state index contributed by atoms with van der Waals surface area (Å²) in [6.45, 7) is 9.61. The van der Waals surface area contributed by atoms with Crippen LogP contribution in [0.15, 0.2) is 48.7 Å². The molecule has 218 valence electrons. The number of likely N-dealkylation sites (tertiary alicyclic amines) is 1. The first-order chi connectivity index (χ1) is 19.1. The molecule has 2 atom stereocenters. The first-order valence-corrected chi connectivity index (χ1v) is 14.7. The number of piperazine rings is 1. The Morgan fingerprint density at radius 2 is 1.77 bits per heavy atom. The van der Waals surface area contributed by atoms with Crippen molar-refractivity contribution in [3.63, 3.8) is 0 Å². The number of hydrogen-bond donors (Lipinski definition) is 0. The minimum Gasteiger partial charge on any atom is -0.444 e. The second kappa shape index (κ2) is 13.8. The van der Waals surface area contributed by atoms with Crippen LogP contribution in [0.2, 0.25) is 5.02 Å². The number of hydrogen-bond acceptors (Lipinski definition) is 6. The second-order valence-electron chi connectivity index (χ2n) is 11.8. The molecule has 2 aromatic rings. The first kappa shape index (κ1) is 30.3. The Morgan fingerprint density at radius 1 is 1.05 bits per heavy atom.